The lowest BCUT2D eigenvalue weighted by Crippen LogP contribution is -1.90. The standard InChI is InChI=1S/C8H10O2P/c9-11-10-7-6-8-4-2-1-3-5-8/h1-5,11H,6-7H2/q+1. The van der Waals surface area contributed by atoms with Crippen molar-refractivity contribution in [2.24, 2.45) is 0 Å². The molecule has 0 bridgehead atoms. The molecule has 0 fully saturated rings. The zero-order valence-corrected chi connectivity index (χ0v) is 7.12. The normalized spacial score (nSPS) is 10.2. The average Bonchev–Trinajstić information content (AvgIpc) is 2.07. The van der Waals surface area contributed by atoms with E-state index >= 15 is 0 Å². The molecule has 0 amide bonds. The Balaban J connectivity index is 2.33. The highest BCUT2D eigenvalue weighted by Crippen LogP contribution is 2.02. The molecule has 0 saturated heterocycles. The van der Waals surface area contributed by atoms with Gasteiger partial charge in [0.15, 0.2) is 0 Å². The minimum atomic E-state index is -0.641. The smallest absolute Gasteiger partial charge is 0.148 e. The highest BCUT2D eigenvalue weighted by atomic mass is 31.1. The summed E-state index contributed by atoms with van der Waals surface area (Å²) in [6.45, 7) is 0.534. The van der Waals surface area contributed by atoms with Gasteiger partial charge < -0.3 is 0 Å². The van der Waals surface area contributed by atoms with Crippen LogP contribution in [0.2, 0.25) is 0 Å². The molecule has 0 aliphatic rings. The van der Waals surface area contributed by atoms with Gasteiger partial charge in [-0.3, -0.25) is 0 Å². The van der Waals surface area contributed by atoms with Crippen molar-refractivity contribution >= 4 is 8.69 Å². The van der Waals surface area contributed by atoms with E-state index < -0.39 is 8.69 Å². The van der Waals surface area contributed by atoms with E-state index in [0.29, 0.717) is 6.61 Å². The van der Waals surface area contributed by atoms with E-state index in [0.717, 1.165) is 6.42 Å². The van der Waals surface area contributed by atoms with Crippen LogP contribution in [0.15, 0.2) is 30.3 Å². The van der Waals surface area contributed by atoms with Crippen molar-refractivity contribution in [2.75, 3.05) is 6.61 Å². The average molecular weight is 169 g/mol. The van der Waals surface area contributed by atoms with Crippen LogP contribution in [0.1, 0.15) is 5.56 Å². The fourth-order valence-electron chi connectivity index (χ4n) is 0.855. The van der Waals surface area contributed by atoms with Crippen LogP contribution < -0.4 is 0 Å². The maximum absolute atomic E-state index is 9.93. The van der Waals surface area contributed by atoms with E-state index in [2.05, 4.69) is 0 Å². The van der Waals surface area contributed by atoms with Crippen LogP contribution in [0.5, 0.6) is 0 Å². The summed E-state index contributed by atoms with van der Waals surface area (Å²) >= 11 is 0. The van der Waals surface area contributed by atoms with Gasteiger partial charge in [0.05, 0.1) is 0 Å². The van der Waals surface area contributed by atoms with Crippen molar-refractivity contribution in [1.29, 1.82) is 0 Å². The fraction of sp³-hybridized carbons (Fsp3) is 0.250. The number of hydrogen-bond acceptors (Lipinski definition) is 2. The van der Waals surface area contributed by atoms with Gasteiger partial charge in [-0.1, -0.05) is 30.3 Å². The minimum absolute atomic E-state index is 0.534. The lowest BCUT2D eigenvalue weighted by molar-refractivity contribution is 0.347. The highest BCUT2D eigenvalue weighted by molar-refractivity contribution is 7.17. The van der Waals surface area contributed by atoms with E-state index in [4.69, 9.17) is 4.52 Å². The first-order chi connectivity index (χ1) is 5.43. The summed E-state index contributed by atoms with van der Waals surface area (Å²) < 4.78 is 14.6. The van der Waals surface area contributed by atoms with E-state index in [-0.39, 0.29) is 0 Å². The molecule has 0 aromatic heterocycles. The van der Waals surface area contributed by atoms with Gasteiger partial charge in [0.2, 0.25) is 0 Å². The zero-order chi connectivity index (χ0) is 7.94. The molecule has 0 aliphatic carbocycles. The molecule has 0 aliphatic heterocycles. The van der Waals surface area contributed by atoms with Gasteiger partial charge in [-0.2, -0.15) is 0 Å². The van der Waals surface area contributed by atoms with Gasteiger partial charge in [0.25, 0.3) is 0 Å². The van der Waals surface area contributed by atoms with Crippen LogP contribution in [-0.2, 0) is 15.5 Å². The Bertz CT molecular complexity index is 211. The zero-order valence-electron chi connectivity index (χ0n) is 6.12. The monoisotopic (exact) mass is 169 g/mol. The fourth-order valence-corrected chi connectivity index (χ4v) is 1.04. The quantitative estimate of drug-likeness (QED) is 0.510. The van der Waals surface area contributed by atoms with Crippen molar-refractivity contribution < 1.29 is 9.09 Å². The largest absolute Gasteiger partial charge is 0.494 e. The van der Waals surface area contributed by atoms with Crippen LogP contribution in [0.3, 0.4) is 0 Å². The molecule has 1 aromatic carbocycles. The summed E-state index contributed by atoms with van der Waals surface area (Å²) in [4.78, 5) is 0. The van der Waals surface area contributed by atoms with Crippen molar-refractivity contribution in [3.8, 4) is 0 Å². The van der Waals surface area contributed by atoms with Crippen LogP contribution in [0.4, 0.5) is 0 Å². The van der Waals surface area contributed by atoms with Gasteiger partial charge in [0.1, 0.15) is 6.61 Å². The highest BCUT2D eigenvalue weighted by Gasteiger charge is 1.93. The Morgan fingerprint density at radius 2 is 2.00 bits per heavy atom. The molecular weight excluding hydrogens is 159 g/mol. The van der Waals surface area contributed by atoms with Gasteiger partial charge >= 0.3 is 8.69 Å². The molecule has 2 nitrogen and oxygen atoms in total. The first-order valence-electron chi connectivity index (χ1n) is 3.46. The molecule has 0 saturated carbocycles. The molecule has 0 heterocycles. The van der Waals surface area contributed by atoms with Crippen LogP contribution in [0, 0.1) is 0 Å². The molecule has 1 aromatic rings. The van der Waals surface area contributed by atoms with E-state index in [1.54, 1.807) is 0 Å². The molecule has 11 heavy (non-hydrogen) atoms. The second-order valence-electron chi connectivity index (χ2n) is 2.17. The maximum atomic E-state index is 9.93. The topological polar surface area (TPSA) is 26.3 Å². The van der Waals surface area contributed by atoms with E-state index in [1.165, 1.54) is 5.56 Å². The van der Waals surface area contributed by atoms with Crippen LogP contribution >= 0.6 is 8.69 Å². The van der Waals surface area contributed by atoms with Gasteiger partial charge in [0, 0.05) is 6.42 Å². The lowest BCUT2D eigenvalue weighted by atomic mass is 10.2. The summed E-state index contributed by atoms with van der Waals surface area (Å²) in [5.74, 6) is 0. The molecule has 3 heteroatoms. The van der Waals surface area contributed by atoms with Crippen LogP contribution in [0.25, 0.3) is 0 Å². The Kier molecular flexibility index (Phi) is 3.81. The van der Waals surface area contributed by atoms with Gasteiger partial charge in [-0.15, -0.1) is 4.52 Å². The molecule has 1 unspecified atom stereocenters. The third-order valence-electron chi connectivity index (χ3n) is 1.39. The second-order valence-corrected chi connectivity index (χ2v) is 2.62. The Labute approximate surface area is 67.5 Å². The van der Waals surface area contributed by atoms with Crippen molar-refractivity contribution in [2.45, 2.75) is 6.42 Å². The van der Waals surface area contributed by atoms with Crippen molar-refractivity contribution in [3.63, 3.8) is 0 Å². The SMILES string of the molecule is O=[PH+]OCCc1ccccc1. The Morgan fingerprint density at radius 1 is 1.27 bits per heavy atom. The molecular formula is C8H10O2P+. The van der Waals surface area contributed by atoms with Crippen LogP contribution in [-0.4, -0.2) is 6.61 Å². The Morgan fingerprint density at radius 3 is 2.64 bits per heavy atom. The molecule has 0 N–H and O–H groups in total. The number of hydrogen-bond donors (Lipinski definition) is 0. The summed E-state index contributed by atoms with van der Waals surface area (Å²) in [7, 11) is -0.641. The third kappa shape index (κ3) is 3.26. The van der Waals surface area contributed by atoms with Crippen molar-refractivity contribution in [3.05, 3.63) is 35.9 Å². The number of benzene rings is 1. The maximum Gasteiger partial charge on any atom is 0.494 e. The third-order valence-corrected chi connectivity index (χ3v) is 1.72. The lowest BCUT2D eigenvalue weighted by Gasteiger charge is -1.93. The van der Waals surface area contributed by atoms with Gasteiger partial charge in [-0.25, -0.2) is 0 Å². The summed E-state index contributed by atoms with van der Waals surface area (Å²) in [6, 6.07) is 9.98. The molecule has 1 atom stereocenters. The predicted molar refractivity (Wildman–Crippen MR) is 45.1 cm³/mol. The van der Waals surface area contributed by atoms with E-state index in [9.17, 15) is 4.57 Å². The summed E-state index contributed by atoms with van der Waals surface area (Å²) in [6.07, 6.45) is 0.829. The summed E-state index contributed by atoms with van der Waals surface area (Å²) in [5.41, 5.74) is 1.21. The molecule has 58 valence electrons. The molecule has 0 spiro atoms. The first kappa shape index (κ1) is 8.38. The number of rotatable bonds is 4. The van der Waals surface area contributed by atoms with E-state index in [1.807, 2.05) is 30.3 Å². The molecule has 0 radical (unpaired) electrons. The predicted octanol–water partition coefficient (Wildman–Crippen LogP) is 2.18. The van der Waals surface area contributed by atoms with Crippen molar-refractivity contribution in [1.82, 2.24) is 0 Å². The minimum Gasteiger partial charge on any atom is -0.148 e. The summed E-state index contributed by atoms with van der Waals surface area (Å²) in [5, 5.41) is 0. The first-order valence-corrected chi connectivity index (χ1v) is 4.28. The second kappa shape index (κ2) is 5.00. The Hall–Kier alpha value is -0.720. The van der Waals surface area contributed by atoms with Gasteiger partial charge in [-0.05, 0) is 10.1 Å². The molecule has 1 rings (SSSR count).